The van der Waals surface area contributed by atoms with Crippen LogP contribution < -0.4 is 0 Å². The molecule has 0 N–H and O–H groups in total. The highest BCUT2D eigenvalue weighted by molar-refractivity contribution is 6.22. The molecule has 0 atom stereocenters. The quantitative estimate of drug-likeness (QED) is 0.206. The predicted molar refractivity (Wildman–Crippen MR) is 180 cm³/mol. The Morgan fingerprint density at radius 3 is 1.74 bits per heavy atom. The van der Waals surface area contributed by atoms with Gasteiger partial charge in [0.1, 0.15) is 11.2 Å². The molecule has 0 bridgehead atoms. The van der Waals surface area contributed by atoms with Crippen LogP contribution in [0, 0.1) is 0 Å². The fourth-order valence-electron chi connectivity index (χ4n) is 6.82. The van der Waals surface area contributed by atoms with Crippen molar-refractivity contribution in [2.45, 2.75) is 0 Å². The number of benzene rings is 7. The van der Waals surface area contributed by atoms with Gasteiger partial charge in [-0.2, -0.15) is 0 Å². The third kappa shape index (κ3) is 3.63. The molecule has 0 aliphatic carbocycles. The summed E-state index contributed by atoms with van der Waals surface area (Å²) in [6.07, 6.45) is 1.99. The molecule has 0 unspecified atom stereocenters. The molecule has 2 aromatic heterocycles. The molecule has 0 saturated heterocycles. The van der Waals surface area contributed by atoms with Crippen molar-refractivity contribution in [3.8, 4) is 33.5 Å². The molecule has 0 radical (unpaired) electrons. The monoisotopic (exact) mass is 547 g/mol. The number of hydrogen-bond donors (Lipinski definition) is 0. The first-order valence-corrected chi connectivity index (χ1v) is 14.6. The zero-order valence-corrected chi connectivity index (χ0v) is 23.3. The van der Waals surface area contributed by atoms with Crippen LogP contribution >= 0.6 is 0 Å². The SMILES string of the molecule is c1ccc(-c2c3ccccc3c(-c3ccc(-c4cccc5c4oc4ccc6ccccc6c45)cn3)c3ccccc23)cc1. The summed E-state index contributed by atoms with van der Waals surface area (Å²) >= 11 is 0. The first kappa shape index (κ1) is 23.9. The van der Waals surface area contributed by atoms with Crippen LogP contribution in [-0.4, -0.2) is 4.98 Å². The fourth-order valence-corrected chi connectivity index (χ4v) is 6.82. The zero-order chi connectivity index (χ0) is 28.3. The van der Waals surface area contributed by atoms with Crippen LogP contribution in [0.15, 0.2) is 156 Å². The maximum atomic E-state index is 6.50. The van der Waals surface area contributed by atoms with Gasteiger partial charge in [-0.1, -0.05) is 133 Å². The Morgan fingerprint density at radius 1 is 0.419 bits per heavy atom. The fraction of sp³-hybridized carbons (Fsp3) is 0. The second-order valence-corrected chi connectivity index (χ2v) is 11.1. The van der Waals surface area contributed by atoms with E-state index in [1.807, 2.05) is 6.20 Å². The van der Waals surface area contributed by atoms with E-state index in [0.717, 1.165) is 44.3 Å². The predicted octanol–water partition coefficient (Wildman–Crippen LogP) is 11.4. The number of aromatic nitrogens is 1. The van der Waals surface area contributed by atoms with Gasteiger partial charge in [-0.05, 0) is 55.6 Å². The van der Waals surface area contributed by atoms with Crippen LogP contribution in [0.5, 0.6) is 0 Å². The van der Waals surface area contributed by atoms with Gasteiger partial charge < -0.3 is 4.42 Å². The molecular weight excluding hydrogens is 522 g/mol. The van der Waals surface area contributed by atoms with Gasteiger partial charge in [0, 0.05) is 33.7 Å². The van der Waals surface area contributed by atoms with Crippen LogP contribution in [0.2, 0.25) is 0 Å². The second-order valence-electron chi connectivity index (χ2n) is 11.1. The van der Waals surface area contributed by atoms with Gasteiger partial charge in [0.15, 0.2) is 0 Å². The average molecular weight is 548 g/mol. The van der Waals surface area contributed by atoms with E-state index in [1.165, 1.54) is 43.4 Å². The van der Waals surface area contributed by atoms with Gasteiger partial charge in [0.2, 0.25) is 0 Å². The van der Waals surface area contributed by atoms with Gasteiger partial charge in [-0.3, -0.25) is 4.98 Å². The van der Waals surface area contributed by atoms with E-state index in [2.05, 4.69) is 146 Å². The molecule has 0 saturated carbocycles. The number of hydrogen-bond acceptors (Lipinski definition) is 2. The molecule has 0 aliphatic rings. The summed E-state index contributed by atoms with van der Waals surface area (Å²) in [6.45, 7) is 0. The largest absolute Gasteiger partial charge is 0.455 e. The van der Waals surface area contributed by atoms with Crippen LogP contribution in [0.1, 0.15) is 0 Å². The summed E-state index contributed by atoms with van der Waals surface area (Å²) in [4.78, 5) is 5.10. The Kier molecular flexibility index (Phi) is 5.23. The lowest BCUT2D eigenvalue weighted by atomic mass is 9.87. The third-order valence-electron chi connectivity index (χ3n) is 8.71. The van der Waals surface area contributed by atoms with Crippen LogP contribution in [0.3, 0.4) is 0 Å². The second kappa shape index (κ2) is 9.40. The van der Waals surface area contributed by atoms with Gasteiger partial charge in [0.05, 0.1) is 5.69 Å². The summed E-state index contributed by atoms with van der Waals surface area (Å²) in [5, 5.41) is 9.57. The van der Waals surface area contributed by atoms with Crippen LogP contribution in [-0.2, 0) is 0 Å². The highest BCUT2D eigenvalue weighted by atomic mass is 16.3. The molecule has 9 rings (SSSR count). The van der Waals surface area contributed by atoms with E-state index in [1.54, 1.807) is 0 Å². The Hall–Kier alpha value is -5.73. The number of pyridine rings is 1. The van der Waals surface area contributed by atoms with Crippen molar-refractivity contribution in [1.82, 2.24) is 4.98 Å². The van der Waals surface area contributed by atoms with E-state index in [-0.39, 0.29) is 0 Å². The van der Waals surface area contributed by atoms with Crippen LogP contribution in [0.25, 0.3) is 87.8 Å². The van der Waals surface area contributed by atoms with Crippen molar-refractivity contribution in [2.24, 2.45) is 0 Å². The van der Waals surface area contributed by atoms with Crippen molar-refractivity contribution < 1.29 is 4.42 Å². The molecule has 2 heteroatoms. The van der Waals surface area contributed by atoms with Crippen molar-refractivity contribution >= 4 is 54.3 Å². The average Bonchev–Trinajstić information content (AvgIpc) is 3.47. The summed E-state index contributed by atoms with van der Waals surface area (Å²) in [5.74, 6) is 0. The number of rotatable bonds is 3. The lowest BCUT2D eigenvalue weighted by Gasteiger charge is -2.17. The van der Waals surface area contributed by atoms with Crippen molar-refractivity contribution in [3.05, 3.63) is 152 Å². The smallest absolute Gasteiger partial charge is 0.143 e. The number of para-hydroxylation sites is 1. The molecule has 7 aromatic carbocycles. The number of nitrogens with zero attached hydrogens (tertiary/aromatic N) is 1. The summed E-state index contributed by atoms with van der Waals surface area (Å²) in [5.41, 5.74) is 8.48. The topological polar surface area (TPSA) is 26.0 Å². The maximum Gasteiger partial charge on any atom is 0.143 e. The van der Waals surface area contributed by atoms with Gasteiger partial charge in [-0.25, -0.2) is 0 Å². The molecule has 0 spiro atoms. The number of furan rings is 1. The molecule has 2 nitrogen and oxygen atoms in total. The summed E-state index contributed by atoms with van der Waals surface area (Å²) in [6, 6.07) is 51.5. The first-order chi connectivity index (χ1) is 21.3. The maximum absolute atomic E-state index is 6.50. The Bertz CT molecular complexity index is 2430. The minimum absolute atomic E-state index is 0.895. The normalized spacial score (nSPS) is 11.7. The van der Waals surface area contributed by atoms with Gasteiger partial charge >= 0.3 is 0 Å². The minimum atomic E-state index is 0.895. The van der Waals surface area contributed by atoms with E-state index in [4.69, 9.17) is 9.40 Å². The molecule has 200 valence electrons. The molecule has 9 aromatic rings. The summed E-state index contributed by atoms with van der Waals surface area (Å²) < 4.78 is 6.50. The molecule has 0 fully saturated rings. The molecular formula is C41H25NO. The van der Waals surface area contributed by atoms with Crippen molar-refractivity contribution in [3.63, 3.8) is 0 Å². The molecule has 0 aliphatic heterocycles. The lowest BCUT2D eigenvalue weighted by Crippen LogP contribution is -1.92. The minimum Gasteiger partial charge on any atom is -0.455 e. The highest BCUT2D eigenvalue weighted by Gasteiger charge is 2.18. The summed E-state index contributed by atoms with van der Waals surface area (Å²) in [7, 11) is 0. The van der Waals surface area contributed by atoms with Crippen LogP contribution in [0.4, 0.5) is 0 Å². The van der Waals surface area contributed by atoms with E-state index >= 15 is 0 Å². The Labute approximate surface area is 248 Å². The lowest BCUT2D eigenvalue weighted by molar-refractivity contribution is 0.670. The van der Waals surface area contributed by atoms with Crippen molar-refractivity contribution in [2.75, 3.05) is 0 Å². The Balaban J connectivity index is 1.25. The van der Waals surface area contributed by atoms with E-state index < -0.39 is 0 Å². The molecule has 2 heterocycles. The molecule has 43 heavy (non-hydrogen) atoms. The van der Waals surface area contributed by atoms with E-state index in [0.29, 0.717) is 0 Å². The zero-order valence-electron chi connectivity index (χ0n) is 23.3. The Morgan fingerprint density at radius 2 is 1.05 bits per heavy atom. The first-order valence-electron chi connectivity index (χ1n) is 14.6. The highest BCUT2D eigenvalue weighted by Crippen LogP contribution is 2.44. The van der Waals surface area contributed by atoms with Gasteiger partial charge in [0.25, 0.3) is 0 Å². The standard InChI is InChI=1S/C41H25NO/c1-2-12-27(13-3-1)38-31-15-6-8-17-33(31)39(34-18-9-7-16-32(34)38)36-23-21-28(25-42-36)30-19-10-20-35-40-29-14-5-4-11-26(29)22-24-37(40)43-41(30)35/h1-25H. The third-order valence-corrected chi connectivity index (χ3v) is 8.71. The van der Waals surface area contributed by atoms with Gasteiger partial charge in [-0.15, -0.1) is 0 Å². The number of fused-ring (bicyclic) bond motifs is 7. The molecule has 0 amide bonds. The van der Waals surface area contributed by atoms with E-state index in [9.17, 15) is 0 Å². The van der Waals surface area contributed by atoms with Crippen molar-refractivity contribution in [1.29, 1.82) is 0 Å².